The van der Waals surface area contributed by atoms with Gasteiger partial charge in [0.2, 0.25) is 5.88 Å². The first-order chi connectivity index (χ1) is 10.7. The smallest absolute Gasteiger partial charge is 0.212 e. The van der Waals surface area contributed by atoms with Crippen molar-refractivity contribution < 1.29 is 14.2 Å². The average Bonchev–Trinajstić information content (AvgIpc) is 3.08. The Hall–Kier alpha value is -2.47. The van der Waals surface area contributed by atoms with Crippen molar-refractivity contribution in [3.8, 4) is 17.0 Å². The summed E-state index contributed by atoms with van der Waals surface area (Å²) >= 11 is 0. The highest BCUT2D eigenvalue weighted by molar-refractivity contribution is 5.84. The highest BCUT2D eigenvalue weighted by Gasteiger charge is 2.27. The van der Waals surface area contributed by atoms with E-state index >= 15 is 0 Å². The number of aryl methyl sites for hydroxylation is 1. The minimum Gasteiger partial charge on any atom is -0.481 e. The van der Waals surface area contributed by atoms with Crippen molar-refractivity contribution in [1.29, 1.82) is 0 Å². The topological polar surface area (TPSA) is 60.2 Å². The van der Waals surface area contributed by atoms with E-state index in [0.717, 1.165) is 0 Å². The number of aromatic nitrogens is 3. The summed E-state index contributed by atoms with van der Waals surface area (Å²) in [5.41, 5.74) is 2.15. The number of imidazole rings is 1. The van der Waals surface area contributed by atoms with E-state index < -0.39 is 6.10 Å². The van der Waals surface area contributed by atoms with Crippen LogP contribution in [-0.2, 0) is 6.54 Å². The molecule has 2 aromatic heterocycles. The predicted octanol–water partition coefficient (Wildman–Crippen LogP) is 2.68. The van der Waals surface area contributed by atoms with Gasteiger partial charge in [-0.3, -0.25) is 0 Å². The Morgan fingerprint density at radius 1 is 1.32 bits per heavy atom. The maximum Gasteiger partial charge on any atom is 0.212 e. The summed E-state index contributed by atoms with van der Waals surface area (Å²) in [4.78, 5) is 8.45. The fraction of sp³-hybridized carbons (Fsp3) is 0.250. The minimum absolute atomic E-state index is 0.336. The number of halogens is 1. The molecule has 0 radical (unpaired) electrons. The molecule has 0 unspecified atom stereocenters. The van der Waals surface area contributed by atoms with Crippen LogP contribution < -0.4 is 4.74 Å². The number of aliphatic hydroxyl groups is 1. The van der Waals surface area contributed by atoms with Gasteiger partial charge in [-0.15, -0.1) is 0 Å². The number of fused-ring (bicyclic) bond motifs is 3. The van der Waals surface area contributed by atoms with E-state index in [1.807, 2.05) is 0 Å². The molecule has 112 valence electrons. The van der Waals surface area contributed by atoms with E-state index in [1.165, 1.54) is 7.11 Å². The summed E-state index contributed by atoms with van der Waals surface area (Å²) in [6, 6.07) is 6.93. The number of aliphatic hydroxyl groups excluding tert-OH is 1. The Labute approximate surface area is 126 Å². The second kappa shape index (κ2) is 4.78. The third kappa shape index (κ3) is 1.80. The summed E-state index contributed by atoms with van der Waals surface area (Å²) in [5.74, 6) is 0.690. The van der Waals surface area contributed by atoms with Crippen molar-refractivity contribution in [1.82, 2.24) is 14.5 Å². The van der Waals surface area contributed by atoms with Gasteiger partial charge in [-0.05, 0) is 24.6 Å². The van der Waals surface area contributed by atoms with Gasteiger partial charge in [0.1, 0.15) is 17.4 Å². The lowest BCUT2D eigenvalue weighted by molar-refractivity contribution is 0.176. The molecule has 6 heteroatoms. The van der Waals surface area contributed by atoms with E-state index in [4.69, 9.17) is 4.74 Å². The molecule has 1 N–H and O–H groups in total. The van der Waals surface area contributed by atoms with Crippen molar-refractivity contribution in [2.75, 3.05) is 7.11 Å². The van der Waals surface area contributed by atoms with Gasteiger partial charge in [0.15, 0.2) is 5.82 Å². The largest absolute Gasteiger partial charge is 0.481 e. The van der Waals surface area contributed by atoms with E-state index in [2.05, 4.69) is 9.97 Å². The molecular formula is C16H14FN3O2. The third-order valence-electron chi connectivity index (χ3n) is 4.06. The van der Waals surface area contributed by atoms with Crippen molar-refractivity contribution in [3.63, 3.8) is 0 Å². The lowest BCUT2D eigenvalue weighted by atomic mass is 10.1. The number of rotatable bonds is 2. The molecule has 0 saturated carbocycles. The molecule has 1 aliphatic rings. The molecule has 0 fully saturated rings. The van der Waals surface area contributed by atoms with E-state index in [9.17, 15) is 9.50 Å². The summed E-state index contributed by atoms with van der Waals surface area (Å²) in [6.45, 7) is 0.578. The molecular weight excluding hydrogens is 285 g/mol. The number of ether oxygens (including phenoxy) is 1. The Morgan fingerprint density at radius 2 is 2.18 bits per heavy atom. The zero-order valence-electron chi connectivity index (χ0n) is 12.0. The van der Waals surface area contributed by atoms with Crippen LogP contribution in [0.4, 0.5) is 4.39 Å². The number of pyridine rings is 1. The van der Waals surface area contributed by atoms with Gasteiger partial charge in [-0.1, -0.05) is 0 Å². The average molecular weight is 299 g/mol. The van der Waals surface area contributed by atoms with Crippen molar-refractivity contribution in [2.24, 2.45) is 0 Å². The van der Waals surface area contributed by atoms with Gasteiger partial charge in [-0.25, -0.2) is 14.4 Å². The fourth-order valence-corrected chi connectivity index (χ4v) is 2.94. The summed E-state index contributed by atoms with van der Waals surface area (Å²) in [6.07, 6.45) is 1.54. The monoisotopic (exact) mass is 299 g/mol. The normalized spacial score (nSPS) is 17.0. The van der Waals surface area contributed by atoms with E-state index in [0.29, 0.717) is 46.8 Å². The van der Waals surface area contributed by atoms with Gasteiger partial charge in [-0.2, -0.15) is 0 Å². The summed E-state index contributed by atoms with van der Waals surface area (Å²) < 4.78 is 21.7. The van der Waals surface area contributed by atoms with Crippen LogP contribution in [0.1, 0.15) is 18.3 Å². The Balaban J connectivity index is 1.90. The molecule has 3 heterocycles. The Bertz CT molecular complexity index is 858. The molecule has 0 bridgehead atoms. The zero-order valence-corrected chi connectivity index (χ0v) is 12.0. The molecule has 22 heavy (non-hydrogen) atoms. The third-order valence-corrected chi connectivity index (χ3v) is 4.06. The molecule has 0 spiro atoms. The molecule has 4 rings (SSSR count). The minimum atomic E-state index is -0.613. The highest BCUT2D eigenvalue weighted by Crippen LogP contribution is 2.34. The first kappa shape index (κ1) is 13.2. The molecule has 1 atom stereocenters. The Kier molecular flexibility index (Phi) is 2.87. The van der Waals surface area contributed by atoms with Gasteiger partial charge < -0.3 is 14.4 Å². The lowest BCUT2D eigenvalue weighted by Crippen LogP contribution is -1.96. The fourth-order valence-electron chi connectivity index (χ4n) is 2.94. The second-order valence-corrected chi connectivity index (χ2v) is 5.31. The molecule has 0 amide bonds. The van der Waals surface area contributed by atoms with Crippen LogP contribution in [-0.4, -0.2) is 26.8 Å². The van der Waals surface area contributed by atoms with E-state index in [1.54, 1.807) is 35.0 Å². The lowest BCUT2D eigenvalue weighted by Gasteiger charge is -2.07. The van der Waals surface area contributed by atoms with Crippen LogP contribution >= 0.6 is 0 Å². The van der Waals surface area contributed by atoms with Crippen LogP contribution in [0, 0.1) is 5.82 Å². The van der Waals surface area contributed by atoms with Gasteiger partial charge in [0, 0.05) is 29.9 Å². The van der Waals surface area contributed by atoms with E-state index in [-0.39, 0.29) is 5.82 Å². The highest BCUT2D eigenvalue weighted by atomic mass is 19.1. The summed E-state index contributed by atoms with van der Waals surface area (Å²) in [5, 5.41) is 9.89. The SMILES string of the molecule is COc1ccc(-c2ccc3nc4n(c3c2F)CC[C@H]4O)cn1. The number of hydrogen-bond acceptors (Lipinski definition) is 4. The molecule has 5 nitrogen and oxygen atoms in total. The van der Waals surface area contributed by atoms with Crippen LogP contribution in [0.3, 0.4) is 0 Å². The second-order valence-electron chi connectivity index (χ2n) is 5.31. The maximum atomic E-state index is 15.0. The number of hydrogen-bond donors (Lipinski definition) is 1. The van der Waals surface area contributed by atoms with Gasteiger partial charge in [0.05, 0.1) is 12.6 Å². The number of benzene rings is 1. The molecule has 0 aliphatic carbocycles. The van der Waals surface area contributed by atoms with Crippen molar-refractivity contribution in [2.45, 2.75) is 19.1 Å². The molecule has 0 saturated heterocycles. The first-order valence-corrected chi connectivity index (χ1v) is 7.06. The van der Waals surface area contributed by atoms with Gasteiger partial charge in [0.25, 0.3) is 0 Å². The molecule has 3 aromatic rings. The van der Waals surface area contributed by atoms with Crippen LogP contribution in [0.5, 0.6) is 5.88 Å². The Morgan fingerprint density at radius 3 is 2.91 bits per heavy atom. The molecule has 1 aromatic carbocycles. The number of methoxy groups -OCH3 is 1. The quantitative estimate of drug-likeness (QED) is 0.790. The zero-order chi connectivity index (χ0) is 15.3. The standard InChI is InChI=1S/C16H14FN3O2/c1-22-13-5-2-9(8-18-13)10-3-4-11-15(14(10)17)20-7-6-12(21)16(20)19-11/h2-5,8,12,21H,6-7H2,1H3/t12-/m1/s1. The van der Waals surface area contributed by atoms with Crippen LogP contribution in [0.2, 0.25) is 0 Å². The van der Waals surface area contributed by atoms with Crippen molar-refractivity contribution >= 4 is 11.0 Å². The van der Waals surface area contributed by atoms with Gasteiger partial charge >= 0.3 is 0 Å². The first-order valence-electron chi connectivity index (χ1n) is 7.06. The van der Waals surface area contributed by atoms with Crippen LogP contribution in [0.25, 0.3) is 22.2 Å². The van der Waals surface area contributed by atoms with Crippen molar-refractivity contribution in [3.05, 3.63) is 42.1 Å². The predicted molar refractivity (Wildman–Crippen MR) is 79.1 cm³/mol. The molecule has 1 aliphatic heterocycles. The van der Waals surface area contributed by atoms with Crippen LogP contribution in [0.15, 0.2) is 30.5 Å². The maximum absolute atomic E-state index is 15.0. The number of nitrogens with zero attached hydrogens (tertiary/aromatic N) is 3. The summed E-state index contributed by atoms with van der Waals surface area (Å²) in [7, 11) is 1.54.